The van der Waals surface area contributed by atoms with Gasteiger partial charge in [-0.2, -0.15) is 4.21 Å². The molecule has 0 aromatic carbocycles. The zero-order chi connectivity index (χ0) is 10.7. The van der Waals surface area contributed by atoms with E-state index in [9.17, 15) is 9.59 Å². The molecular formula is C6H14O5S. The van der Waals surface area contributed by atoms with Crippen LogP contribution in [0.4, 0.5) is 0 Å². The van der Waals surface area contributed by atoms with E-state index in [1.165, 1.54) is 27.7 Å². The van der Waals surface area contributed by atoms with Gasteiger partial charge in [-0.3, -0.25) is 9.11 Å². The highest BCUT2D eigenvalue weighted by atomic mass is 32.2. The summed E-state index contributed by atoms with van der Waals surface area (Å²) in [5.41, 5.74) is 0. The molecule has 0 atom stereocenters. The Morgan fingerprint density at radius 1 is 0.917 bits per heavy atom. The van der Waals surface area contributed by atoms with Crippen molar-refractivity contribution < 1.29 is 22.9 Å². The van der Waals surface area contributed by atoms with Crippen LogP contribution in [-0.4, -0.2) is 24.9 Å². The Morgan fingerprint density at radius 2 is 0.917 bits per heavy atom. The third-order valence-electron chi connectivity index (χ3n) is 0. The lowest BCUT2D eigenvalue weighted by atomic mass is 10.6. The minimum atomic E-state index is -2.61. The fourth-order valence-electron chi connectivity index (χ4n) is 0. The first kappa shape index (κ1) is 17.5. The predicted molar refractivity (Wildman–Crippen MR) is 46.1 cm³/mol. The minimum absolute atomic E-state index is 0.167. The molecular weight excluding hydrogens is 184 g/mol. The van der Waals surface area contributed by atoms with Crippen molar-refractivity contribution in [3.63, 3.8) is 0 Å². The number of Topliss-reactive ketones (excluding diaryl/α,β-unsaturated/α-hetero) is 2. The number of hydrogen-bond acceptors (Lipinski definition) is 3. The topological polar surface area (TPSA) is 91.7 Å². The van der Waals surface area contributed by atoms with E-state index in [2.05, 4.69) is 0 Å². The van der Waals surface area contributed by atoms with Crippen LogP contribution in [0.15, 0.2) is 0 Å². The highest BCUT2D eigenvalue weighted by Gasteiger charge is 1.63. The summed E-state index contributed by atoms with van der Waals surface area (Å²) in [6, 6.07) is 0. The molecule has 0 aliphatic rings. The smallest absolute Gasteiger partial charge is 0.299 e. The monoisotopic (exact) mass is 198 g/mol. The van der Waals surface area contributed by atoms with Crippen molar-refractivity contribution in [1.29, 1.82) is 0 Å². The lowest BCUT2D eigenvalue weighted by molar-refractivity contribution is -0.115. The normalized spacial score (nSPS) is 7.25. The van der Waals surface area contributed by atoms with E-state index in [0.717, 1.165) is 0 Å². The molecule has 0 radical (unpaired) electrons. The largest absolute Gasteiger partial charge is 0.300 e. The molecule has 0 heterocycles. The molecule has 0 rings (SSSR count). The van der Waals surface area contributed by atoms with Crippen LogP contribution in [0.5, 0.6) is 0 Å². The van der Waals surface area contributed by atoms with E-state index in [4.69, 9.17) is 13.3 Å². The molecule has 0 aliphatic carbocycles. The molecule has 2 N–H and O–H groups in total. The molecule has 12 heavy (non-hydrogen) atoms. The highest BCUT2D eigenvalue weighted by molar-refractivity contribution is 7.73. The summed E-state index contributed by atoms with van der Waals surface area (Å²) in [7, 11) is 0. The van der Waals surface area contributed by atoms with E-state index in [-0.39, 0.29) is 11.6 Å². The van der Waals surface area contributed by atoms with Crippen LogP contribution in [0.3, 0.4) is 0 Å². The van der Waals surface area contributed by atoms with Crippen LogP contribution in [0.25, 0.3) is 0 Å². The van der Waals surface area contributed by atoms with E-state index in [1.807, 2.05) is 0 Å². The van der Waals surface area contributed by atoms with Crippen LogP contribution < -0.4 is 0 Å². The first-order valence-electron chi connectivity index (χ1n) is 2.94. The number of carbonyl (C=O) groups is 2. The van der Waals surface area contributed by atoms with Gasteiger partial charge >= 0.3 is 0 Å². The van der Waals surface area contributed by atoms with Gasteiger partial charge < -0.3 is 9.59 Å². The molecule has 0 fully saturated rings. The zero-order valence-electron chi connectivity index (χ0n) is 7.53. The van der Waals surface area contributed by atoms with Gasteiger partial charge in [-0.25, -0.2) is 0 Å². The highest BCUT2D eigenvalue weighted by Crippen LogP contribution is 1.50. The summed E-state index contributed by atoms with van der Waals surface area (Å²) < 4.78 is 22.8. The van der Waals surface area contributed by atoms with Gasteiger partial charge in [-0.1, -0.05) is 0 Å². The van der Waals surface area contributed by atoms with Gasteiger partial charge in [0.25, 0.3) is 11.4 Å². The molecule has 0 aromatic rings. The second-order valence-corrected chi connectivity index (χ2v) is 2.51. The Morgan fingerprint density at radius 3 is 0.917 bits per heavy atom. The van der Waals surface area contributed by atoms with Crippen molar-refractivity contribution in [3.05, 3.63) is 0 Å². The quantitative estimate of drug-likeness (QED) is 0.563. The molecule has 0 unspecified atom stereocenters. The van der Waals surface area contributed by atoms with E-state index in [0.29, 0.717) is 0 Å². The maximum absolute atomic E-state index is 9.44. The third kappa shape index (κ3) is 1910. The SMILES string of the molecule is CC(C)=O.CC(C)=O.O=S(O)O. The number of hydrogen-bond donors (Lipinski definition) is 2. The Kier molecular flexibility index (Phi) is 19.0. The van der Waals surface area contributed by atoms with Crippen LogP contribution >= 0.6 is 0 Å². The fraction of sp³-hybridized carbons (Fsp3) is 0.667. The van der Waals surface area contributed by atoms with Crippen LogP contribution in [-0.2, 0) is 21.0 Å². The van der Waals surface area contributed by atoms with Gasteiger partial charge in [0.2, 0.25) is 0 Å². The first-order valence-corrected chi connectivity index (χ1v) is 4.00. The summed E-state index contributed by atoms with van der Waals surface area (Å²) in [6.07, 6.45) is 0. The number of carbonyl (C=O) groups excluding carboxylic acids is 2. The van der Waals surface area contributed by atoms with Gasteiger partial charge in [0.15, 0.2) is 0 Å². The zero-order valence-corrected chi connectivity index (χ0v) is 8.34. The van der Waals surface area contributed by atoms with E-state index < -0.39 is 11.4 Å². The van der Waals surface area contributed by atoms with Gasteiger partial charge in [-0.05, 0) is 27.7 Å². The second-order valence-electron chi connectivity index (χ2n) is 2.05. The van der Waals surface area contributed by atoms with Crippen molar-refractivity contribution in [1.82, 2.24) is 0 Å². The number of rotatable bonds is 0. The van der Waals surface area contributed by atoms with Gasteiger partial charge in [-0.15, -0.1) is 0 Å². The van der Waals surface area contributed by atoms with Gasteiger partial charge in [0.05, 0.1) is 0 Å². The predicted octanol–water partition coefficient (Wildman–Crippen LogP) is 0.872. The maximum atomic E-state index is 9.44. The summed E-state index contributed by atoms with van der Waals surface area (Å²) in [5, 5.41) is 0. The summed E-state index contributed by atoms with van der Waals surface area (Å²) in [6.45, 7) is 6.11. The first-order chi connectivity index (χ1) is 5.20. The Labute approximate surface area is 74.3 Å². The Balaban J connectivity index is -0.000000101. The molecule has 0 aliphatic heterocycles. The standard InChI is InChI=1S/2C3H6O.H2O3S/c2*1-3(2)4;1-4(2)3/h2*1-2H3;(H2,1,2,3). The summed E-state index contributed by atoms with van der Waals surface area (Å²) >= 11 is -2.61. The lowest BCUT2D eigenvalue weighted by Gasteiger charge is -1.59. The van der Waals surface area contributed by atoms with Crippen molar-refractivity contribution in [2.45, 2.75) is 27.7 Å². The van der Waals surface area contributed by atoms with E-state index in [1.54, 1.807) is 0 Å². The average Bonchev–Trinajstić information content (AvgIpc) is 1.54. The third-order valence-corrected chi connectivity index (χ3v) is 0. The minimum Gasteiger partial charge on any atom is -0.300 e. The summed E-state index contributed by atoms with van der Waals surface area (Å²) in [4.78, 5) is 18.9. The lowest BCUT2D eigenvalue weighted by Crippen LogP contribution is -1.74. The Bertz CT molecular complexity index is 113. The summed E-state index contributed by atoms with van der Waals surface area (Å²) in [5.74, 6) is 0.333. The molecule has 6 heteroatoms. The van der Waals surface area contributed by atoms with Crippen LogP contribution in [0.1, 0.15) is 27.7 Å². The molecule has 5 nitrogen and oxygen atoms in total. The molecule has 0 amide bonds. The van der Waals surface area contributed by atoms with Crippen molar-refractivity contribution >= 4 is 22.9 Å². The van der Waals surface area contributed by atoms with Gasteiger partial charge in [0.1, 0.15) is 11.6 Å². The fourth-order valence-corrected chi connectivity index (χ4v) is 0. The molecule has 0 bridgehead atoms. The second kappa shape index (κ2) is 13.0. The van der Waals surface area contributed by atoms with E-state index >= 15 is 0 Å². The molecule has 0 saturated carbocycles. The number of ketones is 2. The van der Waals surface area contributed by atoms with Crippen molar-refractivity contribution in [2.75, 3.05) is 0 Å². The molecule has 0 spiro atoms. The van der Waals surface area contributed by atoms with Gasteiger partial charge in [0, 0.05) is 0 Å². The molecule has 0 saturated heterocycles. The van der Waals surface area contributed by atoms with Crippen LogP contribution in [0.2, 0.25) is 0 Å². The van der Waals surface area contributed by atoms with Crippen molar-refractivity contribution in [2.24, 2.45) is 0 Å². The van der Waals surface area contributed by atoms with Crippen LogP contribution in [0, 0.1) is 0 Å². The van der Waals surface area contributed by atoms with Crippen molar-refractivity contribution in [3.8, 4) is 0 Å². The molecule has 74 valence electrons. The Hall–Kier alpha value is -0.590. The molecule has 0 aromatic heterocycles. The maximum Gasteiger partial charge on any atom is 0.299 e. The average molecular weight is 198 g/mol.